The molecule has 1 aliphatic rings. The van der Waals surface area contributed by atoms with Gasteiger partial charge in [-0.3, -0.25) is 4.79 Å². The Morgan fingerprint density at radius 2 is 2.19 bits per heavy atom. The number of anilines is 1. The fraction of sp³-hybridized carbons (Fsp3) is 0.214. The van der Waals surface area contributed by atoms with E-state index in [1.165, 1.54) is 29.7 Å². The number of pyridine rings is 1. The summed E-state index contributed by atoms with van der Waals surface area (Å²) in [5, 5.41) is 12.1. The lowest BCUT2D eigenvalue weighted by atomic mass is 10.1. The molecule has 0 radical (unpaired) electrons. The summed E-state index contributed by atoms with van der Waals surface area (Å²) in [6, 6.07) is 2.75. The molecule has 2 aromatic rings. The van der Waals surface area contributed by atoms with Crippen LogP contribution in [-0.2, 0) is 12.8 Å². The van der Waals surface area contributed by atoms with E-state index in [-0.39, 0.29) is 16.1 Å². The average molecular weight is 306 g/mol. The Hall–Kier alpha value is -2.28. The van der Waals surface area contributed by atoms with Crippen molar-refractivity contribution in [3.05, 3.63) is 45.8 Å². The highest BCUT2D eigenvalue weighted by Crippen LogP contribution is 2.39. The van der Waals surface area contributed by atoms with Gasteiger partial charge in [0.1, 0.15) is 5.00 Å². The topological polar surface area (TPSA) is 79.3 Å². The van der Waals surface area contributed by atoms with Crippen LogP contribution in [0.25, 0.3) is 0 Å². The monoisotopic (exact) mass is 306 g/mol. The van der Waals surface area contributed by atoms with Crippen molar-refractivity contribution in [2.24, 2.45) is 0 Å². The number of rotatable bonds is 3. The minimum atomic E-state index is -1.07. The van der Waals surface area contributed by atoms with Gasteiger partial charge in [-0.25, -0.2) is 9.78 Å². The van der Waals surface area contributed by atoms with Gasteiger partial charge < -0.3 is 10.4 Å². The first-order valence-electron chi connectivity index (χ1n) is 6.37. The molecule has 0 saturated carbocycles. The summed E-state index contributed by atoms with van der Waals surface area (Å²) in [5.74, 6) is -2.64. The van der Waals surface area contributed by atoms with Gasteiger partial charge in [0.2, 0.25) is 5.95 Å². The third-order valence-electron chi connectivity index (χ3n) is 3.37. The molecule has 0 fully saturated rings. The van der Waals surface area contributed by atoms with Gasteiger partial charge >= 0.3 is 5.97 Å². The van der Waals surface area contributed by atoms with Crippen LogP contribution in [0.1, 0.15) is 37.6 Å². The van der Waals surface area contributed by atoms with Crippen molar-refractivity contribution in [3.8, 4) is 0 Å². The van der Waals surface area contributed by atoms with E-state index >= 15 is 0 Å². The van der Waals surface area contributed by atoms with E-state index in [1.807, 2.05) is 0 Å². The van der Waals surface area contributed by atoms with E-state index in [1.54, 1.807) is 0 Å². The number of halogens is 1. The van der Waals surface area contributed by atoms with Crippen LogP contribution in [0.3, 0.4) is 0 Å². The molecule has 108 valence electrons. The van der Waals surface area contributed by atoms with Crippen LogP contribution in [0, 0.1) is 5.95 Å². The number of nitrogens with zero attached hydrogens (tertiary/aromatic N) is 1. The molecule has 0 unspecified atom stereocenters. The van der Waals surface area contributed by atoms with Crippen molar-refractivity contribution in [2.75, 3.05) is 5.32 Å². The van der Waals surface area contributed by atoms with Gasteiger partial charge in [-0.1, -0.05) is 0 Å². The van der Waals surface area contributed by atoms with Gasteiger partial charge in [-0.05, 0) is 37.0 Å². The Balaban J connectivity index is 1.94. The first-order valence-corrected chi connectivity index (χ1v) is 7.19. The molecule has 0 atom stereocenters. The summed E-state index contributed by atoms with van der Waals surface area (Å²) < 4.78 is 13.5. The first-order chi connectivity index (χ1) is 10.1. The molecule has 2 aromatic heterocycles. The molecule has 0 aliphatic heterocycles. The molecule has 2 heterocycles. The standard InChI is InChI=1S/C14H11FN2O3S/c15-11-8(4-2-6-16-11)12(18)17-13-10(14(19)20)7-3-1-5-9(7)21-13/h2,4,6H,1,3,5H2,(H,17,18)(H,19,20). The van der Waals surface area contributed by atoms with Gasteiger partial charge in [0.15, 0.2) is 0 Å². The molecular weight excluding hydrogens is 295 g/mol. The lowest BCUT2D eigenvalue weighted by molar-refractivity contribution is 0.0697. The van der Waals surface area contributed by atoms with Crippen molar-refractivity contribution in [3.63, 3.8) is 0 Å². The number of carbonyl (C=O) groups excluding carboxylic acids is 1. The van der Waals surface area contributed by atoms with Crippen LogP contribution in [-0.4, -0.2) is 22.0 Å². The van der Waals surface area contributed by atoms with Gasteiger partial charge in [-0.15, -0.1) is 11.3 Å². The normalized spacial score (nSPS) is 13.0. The highest BCUT2D eigenvalue weighted by atomic mass is 32.1. The van der Waals surface area contributed by atoms with Crippen LogP contribution in [0.15, 0.2) is 18.3 Å². The summed E-state index contributed by atoms with van der Waals surface area (Å²) in [5.41, 5.74) is 0.710. The number of carboxylic acids is 1. The van der Waals surface area contributed by atoms with Crippen molar-refractivity contribution in [1.29, 1.82) is 0 Å². The second-order valence-electron chi connectivity index (χ2n) is 4.66. The lowest BCUT2D eigenvalue weighted by Gasteiger charge is -2.05. The number of hydrogen-bond acceptors (Lipinski definition) is 4. The summed E-state index contributed by atoms with van der Waals surface area (Å²) >= 11 is 1.25. The number of aryl methyl sites for hydroxylation is 1. The van der Waals surface area contributed by atoms with Crippen LogP contribution >= 0.6 is 11.3 Å². The SMILES string of the molecule is O=C(Nc1sc2c(c1C(=O)O)CCC2)c1cccnc1F. The predicted molar refractivity (Wildman–Crippen MR) is 75.5 cm³/mol. The zero-order chi connectivity index (χ0) is 15.0. The van der Waals surface area contributed by atoms with Gasteiger partial charge in [-0.2, -0.15) is 4.39 Å². The van der Waals surface area contributed by atoms with Crippen LogP contribution in [0.4, 0.5) is 9.39 Å². The maximum atomic E-state index is 13.5. The molecule has 5 nitrogen and oxygen atoms in total. The smallest absolute Gasteiger partial charge is 0.339 e. The Kier molecular flexibility index (Phi) is 3.42. The van der Waals surface area contributed by atoms with Crippen LogP contribution in [0.5, 0.6) is 0 Å². The van der Waals surface area contributed by atoms with Gasteiger partial charge in [0.25, 0.3) is 5.91 Å². The first kappa shape index (κ1) is 13.7. The number of fused-ring (bicyclic) bond motifs is 1. The summed E-state index contributed by atoms with van der Waals surface area (Å²) in [6.07, 6.45) is 3.68. The van der Waals surface area contributed by atoms with Crippen molar-refractivity contribution < 1.29 is 19.1 Å². The van der Waals surface area contributed by atoms with E-state index in [0.717, 1.165) is 23.3 Å². The van der Waals surface area contributed by atoms with E-state index in [4.69, 9.17) is 0 Å². The zero-order valence-corrected chi connectivity index (χ0v) is 11.7. The molecule has 2 N–H and O–H groups in total. The van der Waals surface area contributed by atoms with Crippen LogP contribution < -0.4 is 5.32 Å². The molecule has 0 saturated heterocycles. The summed E-state index contributed by atoms with van der Waals surface area (Å²) in [7, 11) is 0. The molecule has 1 amide bonds. The molecule has 0 aromatic carbocycles. The quantitative estimate of drug-likeness (QED) is 0.855. The Bertz CT molecular complexity index is 742. The second kappa shape index (κ2) is 5.25. The van der Waals surface area contributed by atoms with Crippen molar-refractivity contribution >= 4 is 28.2 Å². The molecule has 3 rings (SSSR count). The van der Waals surface area contributed by atoms with E-state index in [0.29, 0.717) is 6.42 Å². The van der Waals surface area contributed by atoms with E-state index in [9.17, 15) is 19.1 Å². The van der Waals surface area contributed by atoms with Crippen molar-refractivity contribution in [1.82, 2.24) is 4.98 Å². The van der Waals surface area contributed by atoms with E-state index in [2.05, 4.69) is 10.3 Å². The third kappa shape index (κ3) is 2.40. The lowest BCUT2D eigenvalue weighted by Crippen LogP contribution is -2.15. The number of aromatic nitrogens is 1. The van der Waals surface area contributed by atoms with E-state index < -0.39 is 17.8 Å². The number of carbonyl (C=O) groups is 2. The molecule has 7 heteroatoms. The molecule has 21 heavy (non-hydrogen) atoms. The zero-order valence-electron chi connectivity index (χ0n) is 10.9. The number of nitrogens with one attached hydrogen (secondary N) is 1. The van der Waals surface area contributed by atoms with Crippen LogP contribution in [0.2, 0.25) is 0 Å². The Morgan fingerprint density at radius 3 is 2.90 bits per heavy atom. The Labute approximate surface area is 123 Å². The summed E-state index contributed by atoms with van der Waals surface area (Å²) in [4.78, 5) is 27.8. The Morgan fingerprint density at radius 1 is 1.38 bits per heavy atom. The number of hydrogen-bond donors (Lipinski definition) is 2. The largest absolute Gasteiger partial charge is 0.478 e. The number of carboxylic acid groups (broad SMARTS) is 1. The third-order valence-corrected chi connectivity index (χ3v) is 4.57. The average Bonchev–Trinajstić information content (AvgIpc) is 2.98. The maximum Gasteiger partial charge on any atom is 0.339 e. The summed E-state index contributed by atoms with van der Waals surface area (Å²) in [6.45, 7) is 0. The minimum Gasteiger partial charge on any atom is -0.478 e. The highest BCUT2D eigenvalue weighted by Gasteiger charge is 2.27. The fourth-order valence-electron chi connectivity index (χ4n) is 2.44. The molecule has 1 aliphatic carbocycles. The number of aromatic carboxylic acids is 1. The molecule has 0 spiro atoms. The maximum absolute atomic E-state index is 13.5. The molecule has 0 bridgehead atoms. The number of amides is 1. The molecular formula is C14H11FN2O3S. The second-order valence-corrected chi connectivity index (χ2v) is 5.77. The predicted octanol–water partition coefficient (Wildman–Crippen LogP) is 2.72. The van der Waals surface area contributed by atoms with Gasteiger partial charge in [0, 0.05) is 11.1 Å². The highest BCUT2D eigenvalue weighted by molar-refractivity contribution is 7.17. The number of thiophene rings is 1. The fourth-order valence-corrected chi connectivity index (χ4v) is 3.72. The minimum absolute atomic E-state index is 0.130. The van der Waals surface area contributed by atoms with Crippen molar-refractivity contribution in [2.45, 2.75) is 19.3 Å². The van der Waals surface area contributed by atoms with Gasteiger partial charge in [0.05, 0.1) is 11.1 Å².